The molecule has 1 fully saturated rings. The Morgan fingerprint density at radius 1 is 1.22 bits per heavy atom. The van der Waals surface area contributed by atoms with E-state index in [2.05, 4.69) is 27.1 Å². The summed E-state index contributed by atoms with van der Waals surface area (Å²) < 4.78 is 16.9. The van der Waals surface area contributed by atoms with Gasteiger partial charge in [0.2, 0.25) is 5.13 Å². The number of benzene rings is 1. The van der Waals surface area contributed by atoms with Crippen molar-refractivity contribution in [3.8, 4) is 10.9 Å². The van der Waals surface area contributed by atoms with Gasteiger partial charge >= 0.3 is 6.09 Å². The average molecular weight is 528 g/mol. The molecule has 1 saturated heterocycles. The number of carbonyl (C=O) groups excluding carboxylic acids is 2. The third-order valence-electron chi connectivity index (χ3n) is 5.38. The molecule has 1 aromatic carbocycles. The van der Waals surface area contributed by atoms with Crippen LogP contribution in [0.5, 0.6) is 10.9 Å². The summed E-state index contributed by atoms with van der Waals surface area (Å²) >= 11 is 1.13. The molecule has 0 aliphatic carbocycles. The van der Waals surface area contributed by atoms with Crippen molar-refractivity contribution in [2.45, 2.75) is 45.3 Å². The molecule has 0 unspecified atom stereocenters. The Balaban J connectivity index is 1.65. The summed E-state index contributed by atoms with van der Waals surface area (Å²) in [6.07, 6.45) is 3.91. The Hall–Kier alpha value is -3.73. The number of methoxy groups -OCH3 is 1. The predicted octanol–water partition coefficient (Wildman–Crippen LogP) is 4.60. The van der Waals surface area contributed by atoms with Crippen molar-refractivity contribution in [1.82, 2.24) is 15.1 Å². The van der Waals surface area contributed by atoms with E-state index in [-0.39, 0.29) is 12.2 Å². The summed E-state index contributed by atoms with van der Waals surface area (Å²) in [6.45, 7) is 10.4. The molecule has 0 atom stereocenters. The molecule has 3 rings (SSSR count). The van der Waals surface area contributed by atoms with E-state index in [1.165, 1.54) is 6.08 Å². The molecule has 0 spiro atoms. The number of nitrogens with zero attached hydrogens (tertiary/aromatic N) is 4. The topological polar surface area (TPSA) is 115 Å². The van der Waals surface area contributed by atoms with E-state index in [1.807, 2.05) is 45.0 Å². The molecule has 1 aliphatic heterocycles. The number of anilines is 1. The third-order valence-corrected chi connectivity index (χ3v) is 6.11. The summed E-state index contributed by atoms with van der Waals surface area (Å²) in [7, 11) is 3.19. The Morgan fingerprint density at radius 3 is 2.54 bits per heavy atom. The SMILES string of the molecule is C=C/C(C(=O)Nc1nnc(OC2CCN(C(=O)OC(C)(C)C)CC2)s1)=C(\C=NC)c1ccccc1OC. The maximum absolute atomic E-state index is 13.1. The van der Waals surface area contributed by atoms with Crippen LogP contribution in [0.4, 0.5) is 9.93 Å². The highest BCUT2D eigenvalue weighted by molar-refractivity contribution is 7.17. The summed E-state index contributed by atoms with van der Waals surface area (Å²) in [6, 6.07) is 7.36. The standard InChI is InChI=1S/C26H33N5O5S/c1-7-18(20(16-27-5)19-10-8-9-11-21(19)34-6)22(32)28-23-29-30-24(37-23)35-17-12-14-31(15-13-17)25(33)36-26(2,3)4/h7-11,16-17H,1,12-15H2,2-6H3,(H,28,29,32)/b20-18-,27-16?. The van der Waals surface area contributed by atoms with E-state index in [1.54, 1.807) is 25.3 Å². The number of carbonyl (C=O) groups is 2. The van der Waals surface area contributed by atoms with Crippen LogP contribution in [0.25, 0.3) is 5.57 Å². The molecule has 37 heavy (non-hydrogen) atoms. The molecular formula is C26H33N5O5S. The van der Waals surface area contributed by atoms with Crippen LogP contribution in [-0.2, 0) is 9.53 Å². The minimum Gasteiger partial charge on any atom is -0.496 e. The lowest BCUT2D eigenvalue weighted by molar-refractivity contribution is -0.112. The first kappa shape index (κ1) is 27.9. The zero-order valence-electron chi connectivity index (χ0n) is 21.8. The van der Waals surface area contributed by atoms with Gasteiger partial charge in [-0.05, 0) is 38.2 Å². The fourth-order valence-electron chi connectivity index (χ4n) is 3.70. The Labute approximate surface area is 221 Å². The van der Waals surface area contributed by atoms with Gasteiger partial charge in [0.15, 0.2) is 0 Å². The Kier molecular flexibility index (Phi) is 9.40. The summed E-state index contributed by atoms with van der Waals surface area (Å²) in [5.74, 6) is 0.193. The third kappa shape index (κ3) is 7.63. The second-order valence-electron chi connectivity index (χ2n) is 9.23. The highest BCUT2D eigenvalue weighted by atomic mass is 32.1. The quantitative estimate of drug-likeness (QED) is 0.303. The molecule has 2 amide bonds. The Morgan fingerprint density at radius 2 is 1.92 bits per heavy atom. The van der Waals surface area contributed by atoms with E-state index in [4.69, 9.17) is 14.2 Å². The lowest BCUT2D eigenvalue weighted by Crippen LogP contribution is -2.44. The lowest BCUT2D eigenvalue weighted by atomic mass is 9.99. The van der Waals surface area contributed by atoms with Crippen LogP contribution in [-0.4, -0.2) is 72.3 Å². The second kappa shape index (κ2) is 12.5. The van der Waals surface area contributed by atoms with E-state index in [9.17, 15) is 9.59 Å². The molecular weight excluding hydrogens is 494 g/mol. The molecule has 11 heteroatoms. The number of ether oxygens (including phenoxy) is 3. The number of hydrogen-bond acceptors (Lipinski definition) is 9. The number of piperidine rings is 1. The predicted molar refractivity (Wildman–Crippen MR) is 145 cm³/mol. The fraction of sp³-hybridized carbons (Fsp3) is 0.423. The van der Waals surface area contributed by atoms with Crippen molar-refractivity contribution in [3.05, 3.63) is 48.1 Å². The summed E-state index contributed by atoms with van der Waals surface area (Å²) in [5, 5.41) is 11.5. The molecule has 1 N–H and O–H groups in total. The van der Waals surface area contributed by atoms with Crippen molar-refractivity contribution >= 4 is 40.3 Å². The van der Waals surface area contributed by atoms with Gasteiger partial charge in [-0.2, -0.15) is 0 Å². The number of rotatable bonds is 8. The van der Waals surface area contributed by atoms with Gasteiger partial charge in [0, 0.05) is 55.9 Å². The number of amides is 2. The first-order valence-electron chi connectivity index (χ1n) is 11.9. The van der Waals surface area contributed by atoms with Crippen LogP contribution in [0.3, 0.4) is 0 Å². The van der Waals surface area contributed by atoms with Crippen molar-refractivity contribution in [2.24, 2.45) is 4.99 Å². The number of allylic oxidation sites excluding steroid dienone is 1. The van der Waals surface area contributed by atoms with E-state index in [0.29, 0.717) is 58.7 Å². The zero-order valence-corrected chi connectivity index (χ0v) is 22.6. The fourth-order valence-corrected chi connectivity index (χ4v) is 4.36. The second-order valence-corrected chi connectivity index (χ2v) is 10.2. The van der Waals surface area contributed by atoms with Gasteiger partial charge < -0.3 is 19.1 Å². The highest BCUT2D eigenvalue weighted by Crippen LogP contribution is 2.30. The van der Waals surface area contributed by atoms with Crippen LogP contribution in [0.1, 0.15) is 39.2 Å². The van der Waals surface area contributed by atoms with Gasteiger partial charge in [-0.25, -0.2) is 4.79 Å². The normalized spacial score (nSPS) is 15.2. The lowest BCUT2D eigenvalue weighted by Gasteiger charge is -2.33. The van der Waals surface area contributed by atoms with Crippen molar-refractivity contribution in [1.29, 1.82) is 0 Å². The van der Waals surface area contributed by atoms with Crippen molar-refractivity contribution < 1.29 is 23.8 Å². The summed E-state index contributed by atoms with van der Waals surface area (Å²) in [4.78, 5) is 31.2. The first-order valence-corrected chi connectivity index (χ1v) is 12.7. The molecule has 0 bridgehead atoms. The van der Waals surface area contributed by atoms with E-state index in [0.717, 1.165) is 11.3 Å². The Bertz CT molecular complexity index is 1180. The maximum Gasteiger partial charge on any atom is 0.410 e. The molecule has 0 saturated carbocycles. The van der Waals surface area contributed by atoms with Crippen LogP contribution in [0.15, 0.2) is 47.5 Å². The average Bonchev–Trinajstić information content (AvgIpc) is 3.29. The number of para-hydroxylation sites is 1. The number of aliphatic imine (C=N–C) groups is 1. The molecule has 198 valence electrons. The van der Waals surface area contributed by atoms with Gasteiger partial charge in [0.05, 0.1) is 7.11 Å². The smallest absolute Gasteiger partial charge is 0.410 e. The summed E-state index contributed by atoms with van der Waals surface area (Å²) in [5.41, 5.74) is 1.04. The number of nitrogens with one attached hydrogen (secondary N) is 1. The molecule has 1 aliphatic rings. The van der Waals surface area contributed by atoms with Crippen LogP contribution < -0.4 is 14.8 Å². The minimum atomic E-state index is -0.532. The zero-order chi connectivity index (χ0) is 27.0. The van der Waals surface area contributed by atoms with Crippen LogP contribution >= 0.6 is 11.3 Å². The number of likely N-dealkylation sites (tertiary alicyclic amines) is 1. The molecule has 2 heterocycles. The molecule has 1 aromatic heterocycles. The van der Waals surface area contributed by atoms with Gasteiger partial charge in [-0.3, -0.25) is 15.1 Å². The molecule has 2 aromatic rings. The van der Waals surface area contributed by atoms with Gasteiger partial charge in [0.25, 0.3) is 11.1 Å². The minimum absolute atomic E-state index is 0.114. The number of aromatic nitrogens is 2. The molecule has 10 nitrogen and oxygen atoms in total. The van der Waals surface area contributed by atoms with Crippen molar-refractivity contribution in [2.75, 3.05) is 32.6 Å². The van der Waals surface area contributed by atoms with Crippen LogP contribution in [0, 0.1) is 0 Å². The van der Waals surface area contributed by atoms with Crippen molar-refractivity contribution in [3.63, 3.8) is 0 Å². The van der Waals surface area contributed by atoms with Gasteiger partial charge in [0.1, 0.15) is 17.5 Å². The monoisotopic (exact) mass is 527 g/mol. The van der Waals surface area contributed by atoms with Gasteiger partial charge in [-0.1, -0.05) is 36.0 Å². The molecule has 0 radical (unpaired) electrons. The largest absolute Gasteiger partial charge is 0.496 e. The van der Waals surface area contributed by atoms with E-state index < -0.39 is 11.5 Å². The first-order chi connectivity index (χ1) is 17.6. The number of hydrogen-bond donors (Lipinski definition) is 1. The highest BCUT2D eigenvalue weighted by Gasteiger charge is 2.28. The maximum atomic E-state index is 13.1. The van der Waals surface area contributed by atoms with Gasteiger partial charge in [-0.15, -0.1) is 5.10 Å². The van der Waals surface area contributed by atoms with Crippen LogP contribution in [0.2, 0.25) is 0 Å². The van der Waals surface area contributed by atoms with E-state index >= 15 is 0 Å².